The number of nitrogens with one attached hydrogen (secondary N) is 3. The molecule has 0 aliphatic carbocycles. The number of sulfonamides is 1. The van der Waals surface area contributed by atoms with Gasteiger partial charge in [-0.15, -0.1) is 0 Å². The minimum absolute atomic E-state index is 0.00145. The Balaban J connectivity index is 1.44. The molecule has 3 rings (SSSR count). The number of aryl methyl sites for hydroxylation is 2. The maximum absolute atomic E-state index is 13.1. The molecule has 1 fully saturated rings. The van der Waals surface area contributed by atoms with Gasteiger partial charge in [-0.25, -0.2) is 12.8 Å². The maximum atomic E-state index is 13.1. The molecule has 10 heteroatoms. The largest absolute Gasteiger partial charge is 0.376 e. The van der Waals surface area contributed by atoms with Crippen molar-refractivity contribution in [2.75, 3.05) is 25.0 Å². The van der Waals surface area contributed by atoms with Gasteiger partial charge in [-0.05, 0) is 62.6 Å². The molecule has 2 amide bonds. The normalized spacial score (nSPS) is 15.2. The first-order chi connectivity index (χ1) is 15.2. The summed E-state index contributed by atoms with van der Waals surface area (Å²) >= 11 is 0. The van der Waals surface area contributed by atoms with E-state index in [4.69, 9.17) is 0 Å². The van der Waals surface area contributed by atoms with Gasteiger partial charge in [-0.1, -0.05) is 17.7 Å². The first-order valence-corrected chi connectivity index (χ1v) is 11.8. The number of benzene rings is 2. The van der Waals surface area contributed by atoms with Crippen LogP contribution in [0.15, 0.2) is 47.4 Å². The zero-order valence-electron chi connectivity index (χ0n) is 18.0. The first kappa shape index (κ1) is 23.7. The van der Waals surface area contributed by atoms with Crippen molar-refractivity contribution < 1.29 is 22.4 Å². The summed E-state index contributed by atoms with van der Waals surface area (Å²) < 4.78 is 39.7. The van der Waals surface area contributed by atoms with Gasteiger partial charge in [0.15, 0.2) is 0 Å². The molecule has 0 aromatic heterocycles. The van der Waals surface area contributed by atoms with Crippen molar-refractivity contribution in [3.63, 3.8) is 0 Å². The Labute approximate surface area is 187 Å². The topological polar surface area (TPSA) is 108 Å². The van der Waals surface area contributed by atoms with E-state index in [1.165, 1.54) is 16.4 Å². The van der Waals surface area contributed by atoms with E-state index in [-0.39, 0.29) is 30.4 Å². The Morgan fingerprint density at radius 2 is 1.69 bits per heavy atom. The van der Waals surface area contributed by atoms with Gasteiger partial charge < -0.3 is 5.32 Å². The van der Waals surface area contributed by atoms with E-state index in [1.54, 1.807) is 0 Å². The number of nitrogens with zero attached hydrogens (tertiary/aromatic N) is 1. The molecule has 0 unspecified atom stereocenters. The number of piperidine rings is 1. The van der Waals surface area contributed by atoms with Gasteiger partial charge in [0.1, 0.15) is 5.82 Å². The van der Waals surface area contributed by atoms with Crippen LogP contribution in [0.1, 0.15) is 24.0 Å². The smallest absolute Gasteiger partial charge is 0.257 e. The number of halogens is 1. The second-order valence-electron chi connectivity index (χ2n) is 7.84. The number of hydrogen-bond acceptors (Lipinski definition) is 5. The molecule has 3 N–H and O–H groups in total. The van der Waals surface area contributed by atoms with Crippen molar-refractivity contribution in [3.8, 4) is 0 Å². The van der Waals surface area contributed by atoms with Gasteiger partial charge in [-0.3, -0.25) is 20.4 Å². The predicted molar refractivity (Wildman–Crippen MR) is 119 cm³/mol. The van der Waals surface area contributed by atoms with Gasteiger partial charge >= 0.3 is 0 Å². The van der Waals surface area contributed by atoms with E-state index >= 15 is 0 Å². The van der Waals surface area contributed by atoms with Crippen molar-refractivity contribution in [2.24, 2.45) is 5.92 Å². The van der Waals surface area contributed by atoms with Crippen molar-refractivity contribution in [1.29, 1.82) is 0 Å². The Morgan fingerprint density at radius 3 is 2.31 bits per heavy atom. The average Bonchev–Trinajstić information content (AvgIpc) is 2.77. The summed E-state index contributed by atoms with van der Waals surface area (Å²) in [4.78, 5) is 24.4. The highest BCUT2D eigenvalue weighted by atomic mass is 32.2. The average molecular weight is 463 g/mol. The molecule has 2 aromatic rings. The van der Waals surface area contributed by atoms with Crippen LogP contribution in [0.25, 0.3) is 0 Å². The predicted octanol–water partition coefficient (Wildman–Crippen LogP) is 2.10. The van der Waals surface area contributed by atoms with Gasteiger partial charge in [0.25, 0.3) is 5.91 Å². The molecular formula is C22H27FN4O4S. The molecule has 2 aromatic carbocycles. The number of hydrazine groups is 1. The third kappa shape index (κ3) is 5.83. The summed E-state index contributed by atoms with van der Waals surface area (Å²) in [5, 5.41) is 3.02. The number of carbonyl (C=O) groups excluding carboxylic acids is 2. The summed E-state index contributed by atoms with van der Waals surface area (Å²) in [5.74, 6) is -1.67. The van der Waals surface area contributed by atoms with Crippen LogP contribution >= 0.6 is 0 Å². The summed E-state index contributed by atoms with van der Waals surface area (Å²) in [6.45, 7) is 4.26. The molecule has 172 valence electrons. The molecule has 0 atom stereocenters. The minimum Gasteiger partial charge on any atom is -0.376 e. The van der Waals surface area contributed by atoms with Gasteiger partial charge in [0, 0.05) is 24.7 Å². The van der Waals surface area contributed by atoms with E-state index in [9.17, 15) is 22.4 Å². The molecule has 0 bridgehead atoms. The highest BCUT2D eigenvalue weighted by Gasteiger charge is 2.32. The lowest BCUT2D eigenvalue weighted by Gasteiger charge is -2.30. The zero-order valence-corrected chi connectivity index (χ0v) is 18.8. The summed E-state index contributed by atoms with van der Waals surface area (Å²) in [6.07, 6.45) is 0.645. The van der Waals surface area contributed by atoms with E-state index in [0.29, 0.717) is 12.8 Å². The SMILES string of the molecule is Cc1ccc(NCC(=O)NNC(=O)C2CCN(S(=O)(=O)c3ccc(F)cc3)CC2)c(C)c1. The molecule has 8 nitrogen and oxygen atoms in total. The number of amides is 2. The van der Waals surface area contributed by atoms with E-state index in [2.05, 4.69) is 16.2 Å². The Kier molecular flexibility index (Phi) is 7.47. The van der Waals surface area contributed by atoms with Crippen LogP contribution in [0.4, 0.5) is 10.1 Å². The Morgan fingerprint density at radius 1 is 1.03 bits per heavy atom. The van der Waals surface area contributed by atoms with Crippen LogP contribution in [0.5, 0.6) is 0 Å². The summed E-state index contributed by atoms with van der Waals surface area (Å²) in [5.41, 5.74) is 7.78. The minimum atomic E-state index is -3.74. The standard InChI is InChI=1S/C22H27FN4O4S/c1-15-3-8-20(16(2)13-15)24-14-21(28)25-26-22(29)17-9-11-27(12-10-17)32(30,31)19-6-4-18(23)5-7-19/h3-8,13,17,24H,9-12,14H2,1-2H3,(H,25,28)(H,26,29). The lowest BCUT2D eigenvalue weighted by molar-refractivity contribution is -0.131. The Bertz CT molecular complexity index is 1080. The molecule has 0 radical (unpaired) electrons. The molecule has 1 saturated heterocycles. The van der Waals surface area contributed by atoms with Crippen LogP contribution in [0, 0.1) is 25.6 Å². The molecular weight excluding hydrogens is 435 g/mol. The molecule has 32 heavy (non-hydrogen) atoms. The van der Waals surface area contributed by atoms with E-state index < -0.39 is 27.7 Å². The van der Waals surface area contributed by atoms with Crippen molar-refractivity contribution in [1.82, 2.24) is 15.2 Å². The van der Waals surface area contributed by atoms with Crippen LogP contribution in [0.3, 0.4) is 0 Å². The molecule has 0 saturated carbocycles. The molecule has 0 spiro atoms. The summed E-state index contributed by atoms with van der Waals surface area (Å²) in [6, 6.07) is 10.5. The van der Waals surface area contributed by atoms with Crippen LogP contribution < -0.4 is 16.2 Å². The molecule has 1 aliphatic heterocycles. The molecule has 1 aliphatic rings. The fourth-order valence-corrected chi connectivity index (χ4v) is 5.05. The van der Waals surface area contributed by atoms with Crippen molar-refractivity contribution >= 4 is 27.5 Å². The second kappa shape index (κ2) is 10.1. The lowest BCUT2D eigenvalue weighted by atomic mass is 9.98. The van der Waals surface area contributed by atoms with Gasteiger partial charge in [0.05, 0.1) is 11.4 Å². The quantitative estimate of drug-likeness (QED) is 0.570. The number of carbonyl (C=O) groups is 2. The van der Waals surface area contributed by atoms with Crippen LogP contribution in [0.2, 0.25) is 0 Å². The highest BCUT2D eigenvalue weighted by Crippen LogP contribution is 2.24. The van der Waals surface area contributed by atoms with Crippen LogP contribution in [-0.2, 0) is 19.6 Å². The lowest BCUT2D eigenvalue weighted by Crippen LogP contribution is -2.49. The zero-order chi connectivity index (χ0) is 23.3. The first-order valence-electron chi connectivity index (χ1n) is 10.3. The fraction of sp³-hybridized carbons (Fsp3) is 0.364. The van der Waals surface area contributed by atoms with Crippen molar-refractivity contribution in [3.05, 3.63) is 59.4 Å². The van der Waals surface area contributed by atoms with E-state index in [1.807, 2.05) is 32.0 Å². The monoisotopic (exact) mass is 462 g/mol. The van der Waals surface area contributed by atoms with Gasteiger partial charge in [0.2, 0.25) is 15.9 Å². The number of rotatable bonds is 6. The third-order valence-electron chi connectivity index (χ3n) is 5.42. The summed E-state index contributed by atoms with van der Waals surface area (Å²) in [7, 11) is -3.74. The highest BCUT2D eigenvalue weighted by molar-refractivity contribution is 7.89. The maximum Gasteiger partial charge on any atom is 0.257 e. The molecule has 1 heterocycles. The number of anilines is 1. The van der Waals surface area contributed by atoms with Crippen molar-refractivity contribution in [2.45, 2.75) is 31.6 Å². The third-order valence-corrected chi connectivity index (χ3v) is 7.34. The van der Waals surface area contributed by atoms with Crippen LogP contribution in [-0.4, -0.2) is 44.2 Å². The van der Waals surface area contributed by atoms with Gasteiger partial charge in [-0.2, -0.15) is 4.31 Å². The fourth-order valence-electron chi connectivity index (χ4n) is 3.58. The number of hydrogen-bond donors (Lipinski definition) is 3. The Hall–Kier alpha value is -2.98. The van der Waals surface area contributed by atoms with E-state index in [0.717, 1.165) is 28.9 Å². The second-order valence-corrected chi connectivity index (χ2v) is 9.78.